The predicted octanol–water partition coefficient (Wildman–Crippen LogP) is 14.4. The molecule has 6 aromatic carbocycles. The molecule has 0 saturated carbocycles. The minimum Gasteiger partial charge on any atom is -0.507 e. The minimum absolute atomic E-state index is 0.111. The van der Waals surface area contributed by atoms with Crippen LogP contribution in [0.1, 0.15) is 91.1 Å². The van der Waals surface area contributed by atoms with Gasteiger partial charge in [-0.05, 0) is 115 Å². The second-order valence-corrected chi connectivity index (χ2v) is 17.2. The number of hydrogen-bond acceptors (Lipinski definition) is 3. The van der Waals surface area contributed by atoms with Gasteiger partial charge in [0.2, 0.25) is 0 Å². The van der Waals surface area contributed by atoms with Gasteiger partial charge in [-0.25, -0.2) is 4.98 Å². The molecular formula is C54H53N3O. The maximum absolute atomic E-state index is 11.4. The first-order valence-electron chi connectivity index (χ1n) is 24.0. The highest BCUT2D eigenvalue weighted by Gasteiger charge is 2.24. The molecule has 0 amide bonds. The average Bonchev–Trinajstić information content (AvgIpc) is 3.65. The number of hydrogen-bond donors (Lipinski definition) is 1. The molecule has 0 bridgehead atoms. The van der Waals surface area contributed by atoms with Crippen LogP contribution in [0.2, 0.25) is 0 Å². The van der Waals surface area contributed by atoms with E-state index in [2.05, 4.69) is 107 Å². The van der Waals surface area contributed by atoms with Gasteiger partial charge in [0.1, 0.15) is 11.6 Å². The maximum Gasteiger partial charge on any atom is 0.149 e. The molecule has 0 radical (unpaired) electrons. The van der Waals surface area contributed by atoms with Crippen LogP contribution >= 0.6 is 0 Å². The summed E-state index contributed by atoms with van der Waals surface area (Å²) >= 11 is 0. The molecule has 8 aromatic rings. The van der Waals surface area contributed by atoms with E-state index in [0.29, 0.717) is 28.2 Å². The Hall–Kier alpha value is -6.26. The number of benzene rings is 6. The molecule has 0 aliphatic rings. The monoisotopic (exact) mass is 768 g/mol. The first kappa shape index (κ1) is 29.0. The number of aromatic hydroxyl groups is 1. The molecule has 1 N–H and O–H groups in total. The maximum atomic E-state index is 11.4. The van der Waals surface area contributed by atoms with Crippen molar-refractivity contribution in [2.75, 3.05) is 0 Å². The van der Waals surface area contributed by atoms with Crippen molar-refractivity contribution in [1.82, 2.24) is 14.5 Å². The molecule has 4 nitrogen and oxygen atoms in total. The largest absolute Gasteiger partial charge is 0.507 e. The van der Waals surface area contributed by atoms with E-state index in [1.165, 1.54) is 12.1 Å². The summed E-state index contributed by atoms with van der Waals surface area (Å²) in [6.07, 6.45) is 1.68. The highest BCUT2D eigenvalue weighted by molar-refractivity contribution is 5.97. The lowest BCUT2D eigenvalue weighted by molar-refractivity contribution is 0.477. The smallest absolute Gasteiger partial charge is 0.149 e. The number of nitrogens with zero attached hydrogens (tertiary/aromatic N) is 3. The Labute approximate surface area is 356 Å². The molecule has 0 spiro atoms. The lowest BCUT2D eigenvalue weighted by Crippen LogP contribution is -2.12. The second-order valence-electron chi connectivity index (χ2n) is 17.2. The SMILES string of the molecule is [2H]C([2H])([2H])C(c1ccc(-c2ccnc(-c3cc(-c4cccc5c4nc(-c4ccccc4O)n5-c4cc(-c5ccccc5)cc(C(C)(C)C)c4)cc(C(C)(C)C)c3)c2)cc1)(C([2H])([2H])[2H])C([2H])([2H])[2H]. The first-order valence-corrected chi connectivity index (χ1v) is 19.5. The van der Waals surface area contributed by atoms with Crippen molar-refractivity contribution in [3.05, 3.63) is 168 Å². The fourth-order valence-electron chi connectivity index (χ4n) is 7.45. The van der Waals surface area contributed by atoms with Gasteiger partial charge in [0, 0.05) is 35.3 Å². The van der Waals surface area contributed by atoms with Gasteiger partial charge >= 0.3 is 0 Å². The van der Waals surface area contributed by atoms with Crippen molar-refractivity contribution in [1.29, 1.82) is 0 Å². The average molecular weight is 769 g/mol. The Bertz CT molecular complexity index is 3080. The fraction of sp³-hybridized carbons (Fsp3) is 0.222. The molecule has 8 rings (SSSR count). The van der Waals surface area contributed by atoms with Gasteiger partial charge in [-0.15, -0.1) is 0 Å². The summed E-state index contributed by atoms with van der Waals surface area (Å²) in [6, 6.07) is 46.1. The Morgan fingerprint density at radius 1 is 0.500 bits per heavy atom. The summed E-state index contributed by atoms with van der Waals surface area (Å²) in [5.41, 5.74) is 8.15. The van der Waals surface area contributed by atoms with Crippen LogP contribution in [0.4, 0.5) is 0 Å². The highest BCUT2D eigenvalue weighted by Crippen LogP contribution is 2.41. The standard InChI is InChI=1S/C54H53N3O/c1-52(2,3)41-24-22-36(23-25-41)37-26-27-55-47(33-37)40-28-39(30-42(31-40)53(4,5)6)45-19-15-20-48-50(45)56-51(46-18-13-14-21-49(46)58)57(48)44-32-38(35-16-11-10-12-17-35)29-43(34-44)54(7,8)9/h10-34,58H,1-9H3/i1D3,2D3,3D3. The number of para-hydroxylation sites is 2. The molecule has 0 fully saturated rings. The van der Waals surface area contributed by atoms with E-state index in [1.54, 1.807) is 36.5 Å². The number of pyridine rings is 1. The summed E-state index contributed by atoms with van der Waals surface area (Å²) in [6.45, 7) is 2.97. The molecule has 0 atom stereocenters. The van der Waals surface area contributed by atoms with Crippen molar-refractivity contribution >= 4 is 11.0 Å². The Balaban J connectivity index is 1.30. The molecule has 58 heavy (non-hydrogen) atoms. The van der Waals surface area contributed by atoms with E-state index >= 15 is 0 Å². The van der Waals surface area contributed by atoms with Crippen LogP contribution < -0.4 is 0 Å². The van der Waals surface area contributed by atoms with Gasteiger partial charge in [-0.3, -0.25) is 9.55 Å². The fourth-order valence-corrected chi connectivity index (χ4v) is 7.45. The van der Waals surface area contributed by atoms with Crippen LogP contribution in [0.3, 0.4) is 0 Å². The summed E-state index contributed by atoms with van der Waals surface area (Å²) < 4.78 is 75.6. The van der Waals surface area contributed by atoms with Crippen LogP contribution in [0.25, 0.3) is 72.7 Å². The number of rotatable bonds is 6. The molecule has 0 saturated heterocycles. The quantitative estimate of drug-likeness (QED) is 0.183. The molecule has 0 unspecified atom stereocenters. The number of phenols is 1. The van der Waals surface area contributed by atoms with Crippen molar-refractivity contribution in [3.8, 4) is 67.5 Å². The van der Waals surface area contributed by atoms with E-state index in [0.717, 1.165) is 55.7 Å². The van der Waals surface area contributed by atoms with E-state index in [-0.39, 0.29) is 22.1 Å². The van der Waals surface area contributed by atoms with E-state index in [4.69, 9.17) is 22.3 Å². The number of imidazole rings is 1. The lowest BCUT2D eigenvalue weighted by atomic mass is 9.83. The van der Waals surface area contributed by atoms with Gasteiger partial charge in [0.05, 0.1) is 22.3 Å². The van der Waals surface area contributed by atoms with Gasteiger partial charge in [-0.2, -0.15) is 0 Å². The van der Waals surface area contributed by atoms with E-state index < -0.39 is 26.0 Å². The highest BCUT2D eigenvalue weighted by atomic mass is 16.3. The van der Waals surface area contributed by atoms with Crippen LogP contribution in [-0.2, 0) is 16.2 Å². The molecule has 0 aliphatic heterocycles. The normalized spacial score (nSPS) is 15.2. The number of fused-ring (bicyclic) bond motifs is 1. The summed E-state index contributed by atoms with van der Waals surface area (Å²) in [4.78, 5) is 10.2. The number of aromatic nitrogens is 3. The predicted molar refractivity (Wildman–Crippen MR) is 244 cm³/mol. The first-order chi connectivity index (χ1) is 31.3. The third kappa shape index (κ3) is 7.59. The van der Waals surface area contributed by atoms with Gasteiger partial charge in [0.25, 0.3) is 0 Å². The van der Waals surface area contributed by atoms with Crippen molar-refractivity contribution in [3.63, 3.8) is 0 Å². The topological polar surface area (TPSA) is 50.9 Å². The molecule has 4 heteroatoms. The minimum atomic E-state index is -3.36. The zero-order chi connectivity index (χ0) is 48.5. The second kappa shape index (κ2) is 14.6. The van der Waals surface area contributed by atoms with Crippen molar-refractivity contribution in [2.24, 2.45) is 0 Å². The van der Waals surface area contributed by atoms with Gasteiger partial charge < -0.3 is 5.11 Å². The summed E-state index contributed by atoms with van der Waals surface area (Å²) in [7, 11) is 0. The van der Waals surface area contributed by atoms with Gasteiger partial charge in [0.15, 0.2) is 0 Å². The molecule has 2 aromatic heterocycles. The Kier molecular flexibility index (Phi) is 7.31. The van der Waals surface area contributed by atoms with Crippen LogP contribution in [-0.4, -0.2) is 19.6 Å². The van der Waals surface area contributed by atoms with Crippen molar-refractivity contribution < 1.29 is 17.4 Å². The zero-order valence-corrected chi connectivity index (χ0v) is 33.7. The van der Waals surface area contributed by atoms with E-state index in [1.807, 2.05) is 42.5 Å². The number of phenolic OH excluding ortho intramolecular Hbond substituents is 1. The van der Waals surface area contributed by atoms with Crippen LogP contribution in [0.15, 0.2) is 152 Å². The lowest BCUT2D eigenvalue weighted by Gasteiger charge is -2.23. The van der Waals surface area contributed by atoms with E-state index in [9.17, 15) is 5.11 Å². The molecule has 290 valence electrons. The molecular weight excluding hydrogens is 707 g/mol. The van der Waals surface area contributed by atoms with Crippen LogP contribution in [0, 0.1) is 0 Å². The Morgan fingerprint density at radius 3 is 1.84 bits per heavy atom. The zero-order valence-electron chi connectivity index (χ0n) is 42.7. The summed E-state index contributed by atoms with van der Waals surface area (Å²) in [5, 5.41) is 11.4. The van der Waals surface area contributed by atoms with Crippen molar-refractivity contribution in [2.45, 2.75) is 78.3 Å². The summed E-state index contributed by atoms with van der Waals surface area (Å²) in [5.74, 6) is 0.701. The third-order valence-corrected chi connectivity index (χ3v) is 10.8. The van der Waals surface area contributed by atoms with Gasteiger partial charge in [-0.1, -0.05) is 153 Å². The molecule has 2 heterocycles. The molecule has 0 aliphatic carbocycles. The third-order valence-electron chi connectivity index (χ3n) is 10.8. The van der Waals surface area contributed by atoms with Crippen LogP contribution in [0.5, 0.6) is 5.75 Å². The Morgan fingerprint density at radius 2 is 1.14 bits per heavy atom.